The van der Waals surface area contributed by atoms with E-state index in [1.165, 1.54) is 0 Å². The summed E-state index contributed by atoms with van der Waals surface area (Å²) in [4.78, 5) is 10.8. The van der Waals surface area contributed by atoms with Gasteiger partial charge in [0.15, 0.2) is 0 Å². The van der Waals surface area contributed by atoms with Crippen LogP contribution in [-0.2, 0) is 4.55 Å². The van der Waals surface area contributed by atoms with Gasteiger partial charge in [0.25, 0.3) is 5.56 Å². The predicted octanol–water partition coefficient (Wildman–Crippen LogP) is 1.24. The minimum Gasteiger partial charge on any atom is -0.306 e. The first-order chi connectivity index (χ1) is 4.34. The highest BCUT2D eigenvalue weighted by molar-refractivity contribution is 14.1. The third-order valence-corrected chi connectivity index (χ3v) is 1.76. The molecule has 1 aromatic heterocycles. The highest BCUT2D eigenvalue weighted by atomic mass is 127. The molecule has 0 fully saturated rings. The topological polar surface area (TPSA) is 22.0 Å². The maximum absolute atomic E-state index is 10.8. The fourth-order valence-corrected chi connectivity index (χ4v) is 1.12. The molecule has 0 aliphatic rings. The smallest absolute Gasteiger partial charge is 0.251 e. The largest absolute Gasteiger partial charge is 0.306 e. The first-order valence-corrected chi connectivity index (χ1v) is 4.08. The van der Waals surface area contributed by atoms with Gasteiger partial charge < -0.3 is 4.57 Å². The van der Waals surface area contributed by atoms with Crippen LogP contribution in [0.5, 0.6) is 0 Å². The van der Waals surface area contributed by atoms with Gasteiger partial charge in [0.2, 0.25) is 0 Å². The van der Waals surface area contributed by atoms with Crippen LogP contribution in [0.3, 0.4) is 0 Å². The van der Waals surface area contributed by atoms with Crippen molar-refractivity contribution in [2.45, 2.75) is 4.55 Å². The van der Waals surface area contributed by atoms with Crippen molar-refractivity contribution >= 4 is 22.6 Å². The van der Waals surface area contributed by atoms with E-state index in [-0.39, 0.29) is 5.56 Å². The minimum absolute atomic E-state index is 0.0619. The second-order valence-corrected chi connectivity index (χ2v) is 2.31. The molecule has 3 heteroatoms. The van der Waals surface area contributed by atoms with Crippen LogP contribution >= 0.6 is 22.6 Å². The van der Waals surface area contributed by atoms with Crippen molar-refractivity contribution in [1.82, 2.24) is 4.57 Å². The third-order valence-electron chi connectivity index (χ3n) is 1.03. The molecule has 1 aromatic rings. The molecule has 0 saturated heterocycles. The Morgan fingerprint density at radius 3 is 2.78 bits per heavy atom. The minimum atomic E-state index is 0.0619. The van der Waals surface area contributed by atoms with E-state index in [1.807, 2.05) is 6.07 Å². The summed E-state index contributed by atoms with van der Waals surface area (Å²) in [5, 5.41) is 0. The number of nitrogens with zero attached hydrogens (tertiary/aromatic N) is 1. The monoisotopic (exact) mass is 235 g/mol. The van der Waals surface area contributed by atoms with Gasteiger partial charge in [-0.05, 0) is 6.07 Å². The summed E-state index contributed by atoms with van der Waals surface area (Å²) >= 11 is 2.14. The van der Waals surface area contributed by atoms with Gasteiger partial charge in [0.05, 0.1) is 4.55 Å². The van der Waals surface area contributed by atoms with Crippen LogP contribution < -0.4 is 5.56 Å². The van der Waals surface area contributed by atoms with Crippen LogP contribution in [0.2, 0.25) is 0 Å². The van der Waals surface area contributed by atoms with Crippen LogP contribution in [0.15, 0.2) is 29.2 Å². The lowest BCUT2D eigenvalue weighted by molar-refractivity contribution is 0.860. The van der Waals surface area contributed by atoms with Crippen molar-refractivity contribution in [2.24, 2.45) is 0 Å². The van der Waals surface area contributed by atoms with E-state index < -0.39 is 0 Å². The van der Waals surface area contributed by atoms with E-state index in [4.69, 9.17) is 0 Å². The van der Waals surface area contributed by atoms with Crippen molar-refractivity contribution in [1.29, 1.82) is 0 Å². The van der Waals surface area contributed by atoms with Gasteiger partial charge in [-0.15, -0.1) is 0 Å². The lowest BCUT2D eigenvalue weighted by Gasteiger charge is -1.94. The molecule has 0 radical (unpaired) electrons. The van der Waals surface area contributed by atoms with Crippen LogP contribution in [0.1, 0.15) is 0 Å². The van der Waals surface area contributed by atoms with Crippen molar-refractivity contribution in [3.8, 4) is 0 Å². The number of alkyl halides is 1. The summed E-state index contributed by atoms with van der Waals surface area (Å²) in [5.41, 5.74) is 0.0619. The molecule has 9 heavy (non-hydrogen) atoms. The molecule has 0 spiro atoms. The second kappa shape index (κ2) is 3.00. The number of hydrogen-bond donors (Lipinski definition) is 0. The van der Waals surface area contributed by atoms with Crippen LogP contribution in [-0.4, -0.2) is 4.57 Å². The maximum Gasteiger partial charge on any atom is 0.251 e. The van der Waals surface area contributed by atoms with E-state index in [9.17, 15) is 4.79 Å². The zero-order valence-electron chi connectivity index (χ0n) is 4.75. The second-order valence-electron chi connectivity index (χ2n) is 1.63. The lowest BCUT2D eigenvalue weighted by atomic mass is 10.5. The van der Waals surface area contributed by atoms with Gasteiger partial charge in [-0.1, -0.05) is 28.7 Å². The van der Waals surface area contributed by atoms with E-state index in [0.29, 0.717) is 0 Å². The van der Waals surface area contributed by atoms with Gasteiger partial charge >= 0.3 is 0 Å². The molecular weight excluding hydrogens is 229 g/mol. The summed E-state index contributed by atoms with van der Waals surface area (Å²) in [5.74, 6) is 0. The van der Waals surface area contributed by atoms with Gasteiger partial charge in [-0.3, -0.25) is 4.79 Å². The average molecular weight is 235 g/mol. The number of hydrogen-bond acceptors (Lipinski definition) is 1. The summed E-state index contributed by atoms with van der Waals surface area (Å²) in [6, 6.07) is 5.14. The fourth-order valence-electron chi connectivity index (χ4n) is 0.559. The number of pyridine rings is 1. The molecule has 0 aliphatic heterocycles. The van der Waals surface area contributed by atoms with Gasteiger partial charge in [-0.25, -0.2) is 0 Å². The molecule has 0 amide bonds. The Balaban J connectivity index is 3.16. The molecule has 0 N–H and O–H groups in total. The van der Waals surface area contributed by atoms with Gasteiger partial charge in [0.1, 0.15) is 0 Å². The summed E-state index contributed by atoms with van der Waals surface area (Å²) < 4.78 is 2.36. The first-order valence-electron chi connectivity index (χ1n) is 2.56. The molecule has 1 rings (SSSR count). The average Bonchev–Trinajstić information content (AvgIpc) is 1.89. The standard InChI is InChI=1S/C6H6INO/c7-5-8-4-2-1-3-6(8)9/h1-4H,5H2. The van der Waals surface area contributed by atoms with E-state index in [0.717, 1.165) is 4.55 Å². The van der Waals surface area contributed by atoms with Crippen LogP contribution in [0, 0.1) is 0 Å². The molecule has 0 atom stereocenters. The lowest BCUT2D eigenvalue weighted by Crippen LogP contribution is -2.14. The highest BCUT2D eigenvalue weighted by Gasteiger charge is 1.85. The molecule has 2 nitrogen and oxygen atoms in total. The Hall–Kier alpha value is -0.320. The summed E-state index contributed by atoms with van der Waals surface area (Å²) in [6.07, 6.45) is 1.77. The predicted molar refractivity (Wildman–Crippen MR) is 44.7 cm³/mol. The fraction of sp³-hybridized carbons (Fsp3) is 0.167. The molecular formula is C6H6INO. The Morgan fingerprint density at radius 1 is 1.56 bits per heavy atom. The molecule has 0 unspecified atom stereocenters. The summed E-state index contributed by atoms with van der Waals surface area (Å²) in [6.45, 7) is 0. The Kier molecular flexibility index (Phi) is 2.27. The third kappa shape index (κ3) is 1.54. The van der Waals surface area contributed by atoms with Gasteiger partial charge in [0, 0.05) is 12.3 Å². The number of rotatable bonds is 1. The molecule has 0 aliphatic carbocycles. The number of aromatic nitrogens is 1. The zero-order valence-corrected chi connectivity index (χ0v) is 6.91. The molecule has 0 saturated carbocycles. The maximum atomic E-state index is 10.8. The van der Waals surface area contributed by atoms with Crippen molar-refractivity contribution < 1.29 is 0 Å². The van der Waals surface area contributed by atoms with Gasteiger partial charge in [-0.2, -0.15) is 0 Å². The Morgan fingerprint density at radius 2 is 2.33 bits per heavy atom. The van der Waals surface area contributed by atoms with Crippen molar-refractivity contribution in [3.05, 3.63) is 34.7 Å². The van der Waals surface area contributed by atoms with Crippen molar-refractivity contribution in [2.75, 3.05) is 0 Å². The zero-order chi connectivity index (χ0) is 6.69. The van der Waals surface area contributed by atoms with E-state index >= 15 is 0 Å². The normalized spacial score (nSPS) is 9.44. The Labute approximate surface area is 66.6 Å². The number of halogens is 1. The molecule has 0 aromatic carbocycles. The Bertz CT molecular complexity index is 243. The van der Waals surface area contributed by atoms with E-state index in [2.05, 4.69) is 22.6 Å². The molecule has 48 valence electrons. The molecule has 1 heterocycles. The first kappa shape index (κ1) is 6.80. The quantitative estimate of drug-likeness (QED) is 0.530. The van der Waals surface area contributed by atoms with Crippen LogP contribution in [0.25, 0.3) is 0 Å². The summed E-state index contributed by atoms with van der Waals surface area (Å²) in [7, 11) is 0. The highest BCUT2D eigenvalue weighted by Crippen LogP contribution is 1.87. The van der Waals surface area contributed by atoms with Crippen molar-refractivity contribution in [3.63, 3.8) is 0 Å². The SMILES string of the molecule is O=c1ccccn1CI. The molecule has 0 bridgehead atoms. The van der Waals surface area contributed by atoms with E-state index in [1.54, 1.807) is 22.9 Å². The van der Waals surface area contributed by atoms with Crippen LogP contribution in [0.4, 0.5) is 0 Å².